The topological polar surface area (TPSA) is 85.2 Å². The molecule has 31 heavy (non-hydrogen) atoms. The van der Waals surface area contributed by atoms with Gasteiger partial charge in [-0.2, -0.15) is 10.1 Å². The number of anilines is 1. The van der Waals surface area contributed by atoms with E-state index >= 15 is 0 Å². The van der Waals surface area contributed by atoms with E-state index in [-0.39, 0.29) is 18.0 Å². The summed E-state index contributed by atoms with van der Waals surface area (Å²) in [7, 11) is 2.03. The van der Waals surface area contributed by atoms with Crippen LogP contribution in [-0.4, -0.2) is 56.8 Å². The highest BCUT2D eigenvalue weighted by atomic mass is 19.1. The number of hydrogen-bond acceptors (Lipinski definition) is 6. The van der Waals surface area contributed by atoms with Gasteiger partial charge < -0.3 is 15.0 Å². The standard InChI is InChI=1S/C22H25FN6O2/c1-13-7-14(2)29(27-13)22-25-20(11-21(26-22)24-15(3)30)16-8-17(23)10-19(9-16)31-18-5-6-28(4)12-18/h7-11,18H,5-6,12H2,1-4H3,(H,24,25,26,30)/t18-/m1/s1. The number of benzene rings is 1. The Kier molecular flexibility index (Phi) is 5.69. The molecule has 2 aromatic heterocycles. The lowest BCUT2D eigenvalue weighted by Crippen LogP contribution is -2.21. The quantitative estimate of drug-likeness (QED) is 0.677. The highest BCUT2D eigenvalue weighted by molar-refractivity contribution is 5.88. The normalized spacial score (nSPS) is 16.5. The fourth-order valence-corrected chi connectivity index (χ4v) is 3.71. The van der Waals surface area contributed by atoms with Crippen LogP contribution < -0.4 is 10.1 Å². The van der Waals surface area contributed by atoms with Crippen molar-refractivity contribution in [2.75, 3.05) is 25.5 Å². The van der Waals surface area contributed by atoms with E-state index in [1.807, 2.05) is 27.0 Å². The number of nitrogens with zero attached hydrogens (tertiary/aromatic N) is 5. The molecule has 1 atom stereocenters. The Morgan fingerprint density at radius 1 is 1.19 bits per heavy atom. The molecule has 1 aliphatic heterocycles. The van der Waals surface area contributed by atoms with E-state index in [9.17, 15) is 9.18 Å². The first kappa shape index (κ1) is 20.9. The molecule has 0 unspecified atom stereocenters. The Balaban J connectivity index is 1.75. The zero-order valence-corrected chi connectivity index (χ0v) is 18.0. The van der Waals surface area contributed by atoms with Crippen LogP contribution in [0.25, 0.3) is 17.2 Å². The van der Waals surface area contributed by atoms with Crippen LogP contribution in [-0.2, 0) is 4.79 Å². The maximum absolute atomic E-state index is 14.4. The summed E-state index contributed by atoms with van der Waals surface area (Å²) in [6.45, 7) is 6.91. The van der Waals surface area contributed by atoms with E-state index in [0.29, 0.717) is 22.8 Å². The Bertz CT molecular complexity index is 1130. The number of likely N-dealkylation sites (tertiary alicyclic amines) is 1. The van der Waals surface area contributed by atoms with Crippen LogP contribution in [0, 0.1) is 19.7 Å². The van der Waals surface area contributed by atoms with Gasteiger partial charge in [-0.25, -0.2) is 14.1 Å². The molecule has 1 aromatic carbocycles. The van der Waals surface area contributed by atoms with Crippen molar-refractivity contribution in [1.29, 1.82) is 0 Å². The number of aryl methyl sites for hydroxylation is 2. The molecule has 162 valence electrons. The third-order valence-electron chi connectivity index (χ3n) is 5.04. The number of amides is 1. The number of carbonyl (C=O) groups excluding carboxylic acids is 1. The number of rotatable bonds is 5. The van der Waals surface area contributed by atoms with Crippen molar-refractivity contribution in [1.82, 2.24) is 24.6 Å². The van der Waals surface area contributed by atoms with Gasteiger partial charge in [0.2, 0.25) is 5.91 Å². The number of ether oxygens (including phenoxy) is 1. The van der Waals surface area contributed by atoms with Crippen molar-refractivity contribution < 1.29 is 13.9 Å². The van der Waals surface area contributed by atoms with E-state index in [4.69, 9.17) is 4.74 Å². The van der Waals surface area contributed by atoms with Gasteiger partial charge in [-0.15, -0.1) is 0 Å². The molecule has 0 radical (unpaired) electrons. The number of nitrogens with one attached hydrogen (secondary N) is 1. The van der Waals surface area contributed by atoms with Gasteiger partial charge in [0, 0.05) is 43.4 Å². The van der Waals surface area contributed by atoms with Crippen molar-refractivity contribution in [3.05, 3.63) is 47.5 Å². The number of halogens is 1. The highest BCUT2D eigenvalue weighted by Crippen LogP contribution is 2.28. The molecule has 3 heterocycles. The molecule has 1 aliphatic rings. The fourth-order valence-electron chi connectivity index (χ4n) is 3.71. The summed E-state index contributed by atoms with van der Waals surface area (Å²) in [5.41, 5.74) is 2.64. The van der Waals surface area contributed by atoms with Gasteiger partial charge in [-0.1, -0.05) is 0 Å². The predicted octanol–water partition coefficient (Wildman–Crippen LogP) is 3.13. The van der Waals surface area contributed by atoms with E-state index < -0.39 is 5.82 Å². The number of carbonyl (C=O) groups is 1. The predicted molar refractivity (Wildman–Crippen MR) is 115 cm³/mol. The Morgan fingerprint density at radius 2 is 2.00 bits per heavy atom. The van der Waals surface area contributed by atoms with Crippen LogP contribution in [0.3, 0.4) is 0 Å². The lowest BCUT2D eigenvalue weighted by Gasteiger charge is -2.15. The second-order valence-corrected chi connectivity index (χ2v) is 7.92. The second kappa shape index (κ2) is 8.43. The van der Waals surface area contributed by atoms with E-state index in [0.717, 1.165) is 30.9 Å². The minimum Gasteiger partial charge on any atom is -0.489 e. The van der Waals surface area contributed by atoms with E-state index in [2.05, 4.69) is 25.3 Å². The molecular formula is C22H25FN6O2. The molecule has 0 aliphatic carbocycles. The van der Waals surface area contributed by atoms with Gasteiger partial charge >= 0.3 is 0 Å². The zero-order chi connectivity index (χ0) is 22.1. The molecule has 9 heteroatoms. The van der Waals surface area contributed by atoms with Crippen molar-refractivity contribution in [3.63, 3.8) is 0 Å². The van der Waals surface area contributed by atoms with E-state index in [1.165, 1.54) is 19.1 Å². The molecule has 3 aromatic rings. The minimum absolute atomic E-state index is 0.0187. The van der Waals surface area contributed by atoms with Crippen molar-refractivity contribution in [3.8, 4) is 23.0 Å². The Labute approximate surface area is 180 Å². The first-order valence-electron chi connectivity index (χ1n) is 10.1. The van der Waals surface area contributed by atoms with Crippen LogP contribution in [0.2, 0.25) is 0 Å². The van der Waals surface area contributed by atoms with Crippen LogP contribution >= 0.6 is 0 Å². The molecular weight excluding hydrogens is 399 g/mol. The average Bonchev–Trinajstić information content (AvgIpc) is 3.24. The maximum Gasteiger partial charge on any atom is 0.253 e. The summed E-state index contributed by atoms with van der Waals surface area (Å²) in [4.78, 5) is 22.8. The summed E-state index contributed by atoms with van der Waals surface area (Å²) in [6, 6.07) is 8.03. The summed E-state index contributed by atoms with van der Waals surface area (Å²) in [5.74, 6) is 0.353. The number of hydrogen-bond donors (Lipinski definition) is 1. The minimum atomic E-state index is -0.425. The van der Waals surface area contributed by atoms with Gasteiger partial charge in [0.05, 0.1) is 11.4 Å². The second-order valence-electron chi connectivity index (χ2n) is 7.92. The summed E-state index contributed by atoms with van der Waals surface area (Å²) >= 11 is 0. The molecule has 8 nitrogen and oxygen atoms in total. The van der Waals surface area contributed by atoms with Gasteiger partial charge in [-0.05, 0) is 45.5 Å². The highest BCUT2D eigenvalue weighted by Gasteiger charge is 2.21. The van der Waals surface area contributed by atoms with Gasteiger partial charge in [0.15, 0.2) is 0 Å². The zero-order valence-electron chi connectivity index (χ0n) is 18.0. The van der Waals surface area contributed by atoms with Crippen LogP contribution in [0.5, 0.6) is 5.75 Å². The first-order chi connectivity index (χ1) is 14.8. The van der Waals surface area contributed by atoms with E-state index in [1.54, 1.807) is 16.8 Å². The lowest BCUT2D eigenvalue weighted by molar-refractivity contribution is -0.114. The molecule has 0 spiro atoms. The smallest absolute Gasteiger partial charge is 0.253 e. The van der Waals surface area contributed by atoms with Crippen LogP contribution in [0.4, 0.5) is 10.2 Å². The van der Waals surface area contributed by atoms with Crippen molar-refractivity contribution in [2.24, 2.45) is 0 Å². The Hall–Kier alpha value is -3.33. The monoisotopic (exact) mass is 424 g/mol. The lowest BCUT2D eigenvalue weighted by atomic mass is 10.1. The maximum atomic E-state index is 14.4. The van der Waals surface area contributed by atoms with Crippen LogP contribution in [0.15, 0.2) is 30.3 Å². The largest absolute Gasteiger partial charge is 0.489 e. The third kappa shape index (κ3) is 4.88. The van der Waals surface area contributed by atoms with Gasteiger partial charge in [-0.3, -0.25) is 4.79 Å². The first-order valence-corrected chi connectivity index (χ1v) is 10.1. The summed E-state index contributed by atoms with van der Waals surface area (Å²) in [6.07, 6.45) is 0.912. The SMILES string of the molecule is CC(=O)Nc1cc(-c2cc(F)cc(O[C@@H]3CCN(C)C3)c2)nc(-n2nc(C)cc2C)n1. The number of likely N-dealkylation sites (N-methyl/N-ethyl adjacent to an activating group) is 1. The summed E-state index contributed by atoms with van der Waals surface area (Å²) < 4.78 is 22.0. The van der Waals surface area contributed by atoms with Gasteiger partial charge in [0.1, 0.15) is 23.5 Å². The molecule has 4 rings (SSSR count). The number of aromatic nitrogens is 4. The molecule has 1 saturated heterocycles. The fraction of sp³-hybridized carbons (Fsp3) is 0.364. The molecule has 0 saturated carbocycles. The molecule has 1 fully saturated rings. The van der Waals surface area contributed by atoms with Crippen LogP contribution in [0.1, 0.15) is 24.7 Å². The third-order valence-corrected chi connectivity index (χ3v) is 5.04. The molecule has 1 N–H and O–H groups in total. The molecule has 0 bridgehead atoms. The Morgan fingerprint density at radius 3 is 2.65 bits per heavy atom. The van der Waals surface area contributed by atoms with Crippen molar-refractivity contribution >= 4 is 11.7 Å². The molecule has 1 amide bonds. The van der Waals surface area contributed by atoms with Crippen molar-refractivity contribution in [2.45, 2.75) is 33.3 Å². The summed E-state index contributed by atoms with van der Waals surface area (Å²) in [5, 5.41) is 7.10. The van der Waals surface area contributed by atoms with Gasteiger partial charge in [0.25, 0.3) is 5.95 Å². The average molecular weight is 424 g/mol.